The van der Waals surface area contributed by atoms with E-state index in [1.807, 2.05) is 42.5 Å². The van der Waals surface area contributed by atoms with Crippen LogP contribution in [0.3, 0.4) is 0 Å². The van der Waals surface area contributed by atoms with E-state index in [0.29, 0.717) is 16.9 Å². The fraction of sp³-hybridized carbons (Fsp3) is 0.179. The van der Waals surface area contributed by atoms with Crippen LogP contribution >= 0.6 is 0 Å². The Labute approximate surface area is 212 Å². The lowest BCUT2D eigenvalue weighted by molar-refractivity contribution is 0.0600. The molecule has 1 atom stereocenters. The van der Waals surface area contributed by atoms with Gasteiger partial charge >= 0.3 is 5.97 Å². The van der Waals surface area contributed by atoms with E-state index in [9.17, 15) is 18.4 Å². The molecule has 1 heterocycles. The number of aryl methyl sites for hydroxylation is 1. The summed E-state index contributed by atoms with van der Waals surface area (Å²) in [4.78, 5) is 24.8. The molecule has 0 spiro atoms. The molecule has 0 aliphatic heterocycles. The van der Waals surface area contributed by atoms with Crippen molar-refractivity contribution in [2.45, 2.75) is 19.4 Å². The van der Waals surface area contributed by atoms with Crippen molar-refractivity contribution >= 4 is 11.9 Å². The molecule has 1 aromatic heterocycles. The van der Waals surface area contributed by atoms with Crippen molar-refractivity contribution in [2.24, 2.45) is 7.05 Å². The van der Waals surface area contributed by atoms with Crippen LogP contribution < -0.4 is 10.1 Å². The number of benzene rings is 3. The van der Waals surface area contributed by atoms with Crippen molar-refractivity contribution in [1.29, 1.82) is 0 Å². The van der Waals surface area contributed by atoms with Crippen molar-refractivity contribution in [1.82, 2.24) is 15.1 Å². The van der Waals surface area contributed by atoms with E-state index in [1.165, 1.54) is 14.2 Å². The van der Waals surface area contributed by atoms with Crippen LogP contribution in [0.4, 0.5) is 8.78 Å². The summed E-state index contributed by atoms with van der Waals surface area (Å²) in [5.74, 6) is -0.986. The smallest absolute Gasteiger partial charge is 0.337 e. The number of methoxy groups -OCH3 is 1. The maximum atomic E-state index is 13.8. The highest BCUT2D eigenvalue weighted by Crippen LogP contribution is 2.33. The van der Waals surface area contributed by atoms with Gasteiger partial charge < -0.3 is 14.8 Å². The van der Waals surface area contributed by atoms with Gasteiger partial charge in [-0.1, -0.05) is 54.6 Å². The van der Waals surface area contributed by atoms with E-state index in [0.717, 1.165) is 15.8 Å². The number of nitrogens with one attached hydrogen (secondary N) is 1. The topological polar surface area (TPSA) is 82.5 Å². The highest BCUT2D eigenvalue weighted by Gasteiger charge is 2.30. The standard InChI is InChI=1S/C28H25F2N3O4/c1-17(18-9-11-21(12-10-18)28(35)36-3)31-26(34)23-24(25(29)30)32-33(2)27(23)37-22-15-13-20(14-16-22)19-7-5-4-6-8-19/h4-17,25H,1-3H3,(H,31,34)/t17-/m0/s1. The molecule has 0 aliphatic carbocycles. The molecule has 7 nitrogen and oxygen atoms in total. The van der Waals surface area contributed by atoms with Gasteiger partial charge in [-0.2, -0.15) is 5.10 Å². The number of hydrogen-bond acceptors (Lipinski definition) is 5. The molecule has 0 aliphatic rings. The first-order chi connectivity index (χ1) is 17.8. The molecule has 0 bridgehead atoms. The first-order valence-electron chi connectivity index (χ1n) is 11.5. The van der Waals surface area contributed by atoms with E-state index in [1.54, 1.807) is 43.3 Å². The van der Waals surface area contributed by atoms with Gasteiger partial charge in [0, 0.05) is 7.05 Å². The van der Waals surface area contributed by atoms with Crippen molar-refractivity contribution in [3.05, 3.63) is 101 Å². The maximum Gasteiger partial charge on any atom is 0.337 e. The largest absolute Gasteiger partial charge is 0.465 e. The average Bonchev–Trinajstić information content (AvgIpc) is 3.25. The van der Waals surface area contributed by atoms with E-state index in [-0.39, 0.29) is 11.4 Å². The van der Waals surface area contributed by atoms with Crippen LogP contribution in [0, 0.1) is 0 Å². The molecular formula is C28H25F2N3O4. The molecule has 1 amide bonds. The quantitative estimate of drug-likeness (QED) is 0.293. The van der Waals surface area contributed by atoms with Gasteiger partial charge in [-0.25, -0.2) is 18.3 Å². The summed E-state index contributed by atoms with van der Waals surface area (Å²) in [6.45, 7) is 1.70. The minimum absolute atomic E-state index is 0.103. The molecule has 1 N–H and O–H groups in total. The van der Waals surface area contributed by atoms with E-state index in [4.69, 9.17) is 4.74 Å². The monoisotopic (exact) mass is 505 g/mol. The summed E-state index contributed by atoms with van der Waals surface area (Å²) in [5, 5.41) is 6.56. The fourth-order valence-corrected chi connectivity index (χ4v) is 3.85. The lowest BCUT2D eigenvalue weighted by atomic mass is 10.1. The van der Waals surface area contributed by atoms with E-state index < -0.39 is 30.0 Å². The number of ether oxygens (including phenoxy) is 2. The SMILES string of the molecule is COC(=O)c1ccc([C@H](C)NC(=O)c2c(C(F)F)nn(C)c2Oc2ccc(-c3ccccc3)cc2)cc1. The Morgan fingerprint density at radius 1 is 0.919 bits per heavy atom. The predicted molar refractivity (Wildman–Crippen MR) is 134 cm³/mol. The normalized spacial score (nSPS) is 11.7. The fourth-order valence-electron chi connectivity index (χ4n) is 3.85. The highest BCUT2D eigenvalue weighted by molar-refractivity contribution is 5.98. The van der Waals surface area contributed by atoms with Crippen LogP contribution in [0.2, 0.25) is 0 Å². The van der Waals surface area contributed by atoms with Crippen molar-refractivity contribution in [3.63, 3.8) is 0 Å². The molecule has 4 aromatic rings. The lowest BCUT2D eigenvalue weighted by Gasteiger charge is -2.16. The summed E-state index contributed by atoms with van der Waals surface area (Å²) in [6.07, 6.45) is -2.99. The number of nitrogens with zero attached hydrogens (tertiary/aromatic N) is 2. The van der Waals surface area contributed by atoms with Gasteiger partial charge in [0.15, 0.2) is 0 Å². The van der Waals surface area contributed by atoms with Crippen LogP contribution in [-0.4, -0.2) is 28.8 Å². The molecule has 190 valence electrons. The molecule has 0 saturated carbocycles. The van der Waals surface area contributed by atoms with E-state index in [2.05, 4.69) is 15.2 Å². The zero-order valence-electron chi connectivity index (χ0n) is 20.4. The van der Waals surface area contributed by atoms with E-state index >= 15 is 0 Å². The third-order valence-electron chi connectivity index (χ3n) is 5.81. The zero-order valence-corrected chi connectivity index (χ0v) is 20.4. The van der Waals surface area contributed by atoms with Crippen LogP contribution in [0.15, 0.2) is 78.9 Å². The second-order valence-corrected chi connectivity index (χ2v) is 8.29. The number of alkyl halides is 2. The number of carbonyl (C=O) groups excluding carboxylic acids is 2. The Bertz CT molecular complexity index is 1390. The Hall–Kier alpha value is -4.53. The second kappa shape index (κ2) is 11.0. The first kappa shape index (κ1) is 25.6. The summed E-state index contributed by atoms with van der Waals surface area (Å²) in [7, 11) is 2.72. The van der Waals surface area contributed by atoms with Crippen LogP contribution in [0.25, 0.3) is 11.1 Å². The van der Waals surface area contributed by atoms with Crippen LogP contribution in [-0.2, 0) is 11.8 Å². The summed E-state index contributed by atoms with van der Waals surface area (Å²) in [6, 6.07) is 22.7. The van der Waals surface area contributed by atoms with Gasteiger partial charge in [-0.15, -0.1) is 0 Å². The Morgan fingerprint density at radius 3 is 2.14 bits per heavy atom. The van der Waals surface area contributed by atoms with Crippen molar-refractivity contribution in [2.75, 3.05) is 7.11 Å². The van der Waals surface area contributed by atoms with Crippen molar-refractivity contribution in [3.8, 4) is 22.8 Å². The molecule has 37 heavy (non-hydrogen) atoms. The number of aromatic nitrogens is 2. The third-order valence-corrected chi connectivity index (χ3v) is 5.81. The van der Waals surface area contributed by atoms with Crippen LogP contribution in [0.5, 0.6) is 11.6 Å². The zero-order chi connectivity index (χ0) is 26.5. The predicted octanol–water partition coefficient (Wildman–Crippen LogP) is 6.09. The molecule has 9 heteroatoms. The minimum Gasteiger partial charge on any atom is -0.465 e. The molecular weight excluding hydrogens is 480 g/mol. The minimum atomic E-state index is -2.99. The Balaban J connectivity index is 1.57. The summed E-state index contributed by atoms with van der Waals surface area (Å²) >= 11 is 0. The molecule has 3 aromatic carbocycles. The average molecular weight is 506 g/mol. The number of esters is 1. The highest BCUT2D eigenvalue weighted by atomic mass is 19.3. The van der Waals surface area contributed by atoms with Gasteiger partial charge in [0.2, 0.25) is 5.88 Å². The van der Waals surface area contributed by atoms with Gasteiger partial charge in [0.05, 0.1) is 18.7 Å². The maximum absolute atomic E-state index is 13.8. The number of carbonyl (C=O) groups is 2. The van der Waals surface area contributed by atoms with Crippen molar-refractivity contribution < 1.29 is 27.8 Å². The Morgan fingerprint density at radius 2 is 1.54 bits per heavy atom. The molecule has 0 unspecified atom stereocenters. The molecule has 0 radical (unpaired) electrons. The van der Waals surface area contributed by atoms with Crippen LogP contribution in [0.1, 0.15) is 51.4 Å². The lowest BCUT2D eigenvalue weighted by Crippen LogP contribution is -2.27. The summed E-state index contributed by atoms with van der Waals surface area (Å²) < 4.78 is 39.3. The summed E-state index contributed by atoms with van der Waals surface area (Å²) in [5.41, 5.74) is 1.97. The molecule has 0 saturated heterocycles. The first-order valence-corrected chi connectivity index (χ1v) is 11.5. The number of halogens is 2. The Kier molecular flexibility index (Phi) is 7.62. The molecule has 0 fully saturated rings. The number of amides is 1. The molecule has 4 rings (SSSR count). The number of rotatable bonds is 8. The van der Waals surface area contributed by atoms with Gasteiger partial charge in [-0.3, -0.25) is 4.79 Å². The van der Waals surface area contributed by atoms with Gasteiger partial charge in [-0.05, 0) is 47.9 Å². The number of hydrogen-bond donors (Lipinski definition) is 1. The second-order valence-electron chi connectivity index (χ2n) is 8.29. The third kappa shape index (κ3) is 5.66. The van der Waals surface area contributed by atoms with Gasteiger partial charge in [0.1, 0.15) is 17.0 Å². The van der Waals surface area contributed by atoms with Gasteiger partial charge in [0.25, 0.3) is 12.3 Å².